The topological polar surface area (TPSA) is 47.3 Å². The molecule has 0 saturated heterocycles. The minimum atomic E-state index is -0.320. The molecule has 0 radical (unpaired) electrons. The van der Waals surface area contributed by atoms with Crippen molar-refractivity contribution in [3.05, 3.63) is 89.7 Å². The van der Waals surface area contributed by atoms with E-state index in [1.54, 1.807) is 0 Å². The first-order chi connectivity index (χ1) is 15.0. The first kappa shape index (κ1) is 20.9. The van der Waals surface area contributed by atoms with Crippen LogP contribution in [0.3, 0.4) is 0 Å². The number of nitrogens with zero attached hydrogens (tertiary/aromatic N) is 2. The number of rotatable bonds is 7. The molecular formula is C27H28N2O2. The normalized spacial score (nSPS) is 12.7. The van der Waals surface area contributed by atoms with Crippen molar-refractivity contribution in [3.63, 3.8) is 0 Å². The van der Waals surface area contributed by atoms with E-state index in [4.69, 9.17) is 4.74 Å². The maximum Gasteiger partial charge on any atom is 0.119 e. The smallest absolute Gasteiger partial charge is 0.119 e. The first-order valence-corrected chi connectivity index (χ1v) is 10.7. The van der Waals surface area contributed by atoms with Gasteiger partial charge in [-0.05, 0) is 80.3 Å². The van der Waals surface area contributed by atoms with Gasteiger partial charge in [0, 0.05) is 5.69 Å². The molecular weight excluding hydrogens is 384 g/mol. The van der Waals surface area contributed by atoms with E-state index in [1.165, 1.54) is 0 Å². The van der Waals surface area contributed by atoms with Crippen molar-refractivity contribution in [1.29, 1.82) is 0 Å². The van der Waals surface area contributed by atoms with Crippen LogP contribution in [0.5, 0.6) is 5.75 Å². The number of hydrogen-bond donors (Lipinski definition) is 1. The van der Waals surface area contributed by atoms with Crippen LogP contribution in [-0.2, 0) is 6.42 Å². The van der Waals surface area contributed by atoms with Crippen LogP contribution in [0.25, 0.3) is 28.9 Å². The molecule has 1 atom stereocenters. The van der Waals surface area contributed by atoms with Gasteiger partial charge in [0.2, 0.25) is 0 Å². The van der Waals surface area contributed by atoms with Crippen LogP contribution in [0.1, 0.15) is 37.5 Å². The molecule has 0 amide bonds. The van der Waals surface area contributed by atoms with Crippen LogP contribution in [0, 0.1) is 0 Å². The zero-order valence-electron chi connectivity index (χ0n) is 18.2. The number of aromatic nitrogens is 2. The van der Waals surface area contributed by atoms with Crippen LogP contribution < -0.4 is 4.74 Å². The van der Waals surface area contributed by atoms with Crippen LogP contribution in [0.4, 0.5) is 0 Å². The fraction of sp³-hybridized carbons (Fsp3) is 0.222. The van der Waals surface area contributed by atoms with Crippen LogP contribution in [0.2, 0.25) is 0 Å². The minimum absolute atomic E-state index is 0.161. The lowest BCUT2D eigenvalue weighted by Crippen LogP contribution is -2.05. The number of fused-ring (bicyclic) bond motifs is 1. The van der Waals surface area contributed by atoms with Crippen molar-refractivity contribution < 1.29 is 9.84 Å². The van der Waals surface area contributed by atoms with Crippen LogP contribution in [-0.4, -0.2) is 26.9 Å². The molecule has 31 heavy (non-hydrogen) atoms. The molecule has 4 aromatic rings. The van der Waals surface area contributed by atoms with Crippen LogP contribution in [0.15, 0.2) is 73.1 Å². The molecule has 4 heteroatoms. The summed E-state index contributed by atoms with van der Waals surface area (Å²) in [6.45, 7) is 5.85. The quantitative estimate of drug-likeness (QED) is 0.384. The van der Waals surface area contributed by atoms with E-state index in [9.17, 15) is 5.11 Å². The van der Waals surface area contributed by atoms with Gasteiger partial charge in [-0.1, -0.05) is 42.5 Å². The number of hydrogen-bond acceptors (Lipinski definition) is 3. The molecule has 0 aliphatic rings. The van der Waals surface area contributed by atoms with Gasteiger partial charge in [-0.2, -0.15) is 0 Å². The lowest BCUT2D eigenvalue weighted by Gasteiger charge is -2.10. The lowest BCUT2D eigenvalue weighted by molar-refractivity contribution is 0.195. The van der Waals surface area contributed by atoms with Crippen molar-refractivity contribution in [3.8, 4) is 11.4 Å². The van der Waals surface area contributed by atoms with Crippen LogP contribution >= 0.6 is 0 Å². The average molecular weight is 413 g/mol. The summed E-state index contributed by atoms with van der Waals surface area (Å²) in [4.78, 5) is 4.59. The van der Waals surface area contributed by atoms with Gasteiger partial charge < -0.3 is 9.84 Å². The number of imidazole rings is 1. The Balaban J connectivity index is 1.51. The summed E-state index contributed by atoms with van der Waals surface area (Å²) in [5.41, 5.74) is 6.45. The van der Waals surface area contributed by atoms with Crippen molar-refractivity contribution >= 4 is 23.2 Å². The van der Waals surface area contributed by atoms with Gasteiger partial charge >= 0.3 is 0 Å². The third kappa shape index (κ3) is 5.22. The van der Waals surface area contributed by atoms with E-state index in [0.717, 1.165) is 39.2 Å². The van der Waals surface area contributed by atoms with Gasteiger partial charge in [-0.25, -0.2) is 4.98 Å². The van der Waals surface area contributed by atoms with Gasteiger partial charge in [-0.3, -0.25) is 4.57 Å². The summed E-state index contributed by atoms with van der Waals surface area (Å²) in [5.74, 6) is 0.870. The van der Waals surface area contributed by atoms with E-state index in [2.05, 4.69) is 64.2 Å². The minimum Gasteiger partial charge on any atom is -0.491 e. The second-order valence-electron chi connectivity index (χ2n) is 8.15. The molecule has 3 aromatic carbocycles. The number of benzene rings is 3. The Morgan fingerprint density at radius 2 is 1.58 bits per heavy atom. The van der Waals surface area contributed by atoms with E-state index in [0.29, 0.717) is 6.42 Å². The summed E-state index contributed by atoms with van der Waals surface area (Å²) in [6.07, 6.45) is 6.57. The van der Waals surface area contributed by atoms with E-state index < -0.39 is 0 Å². The third-order valence-corrected chi connectivity index (χ3v) is 5.04. The summed E-state index contributed by atoms with van der Waals surface area (Å²) in [7, 11) is 0. The summed E-state index contributed by atoms with van der Waals surface area (Å²) >= 11 is 0. The molecule has 4 rings (SSSR count). The highest BCUT2D eigenvalue weighted by atomic mass is 16.5. The largest absolute Gasteiger partial charge is 0.491 e. The summed E-state index contributed by atoms with van der Waals surface area (Å²) < 4.78 is 7.82. The first-order valence-electron chi connectivity index (χ1n) is 10.7. The Labute approximate surface area is 183 Å². The molecule has 0 aliphatic heterocycles. The molecule has 4 nitrogen and oxygen atoms in total. The Bertz CT molecular complexity index is 1170. The van der Waals surface area contributed by atoms with Crippen molar-refractivity contribution in [2.45, 2.75) is 39.4 Å². The Kier molecular flexibility index (Phi) is 6.19. The molecule has 1 unspecified atom stereocenters. The Hall–Kier alpha value is -3.37. The predicted octanol–water partition coefficient (Wildman–Crippen LogP) is 5.91. The van der Waals surface area contributed by atoms with Gasteiger partial charge in [0.25, 0.3) is 0 Å². The second kappa shape index (κ2) is 9.19. The standard InChI is InChI=1S/C27H28N2O2/c1-19(2)31-25-13-11-24(12-14-25)29-18-28-26-17-23(10-15-27(26)29)9-6-21-4-7-22(8-5-21)16-20(3)30/h4-15,17-20,30H,16H2,1-3H3/b9-6-. The molecule has 1 heterocycles. The van der Waals surface area contributed by atoms with Crippen molar-refractivity contribution in [2.75, 3.05) is 0 Å². The molecule has 158 valence electrons. The van der Waals surface area contributed by atoms with Gasteiger partial charge in [0.05, 0.1) is 23.2 Å². The van der Waals surface area contributed by atoms with E-state index >= 15 is 0 Å². The van der Waals surface area contributed by atoms with Gasteiger partial charge in [0.15, 0.2) is 0 Å². The SMILES string of the molecule is CC(O)Cc1ccc(/C=C\c2ccc3c(c2)ncn3-c2ccc(OC(C)C)cc2)cc1. The third-order valence-electron chi connectivity index (χ3n) is 5.04. The second-order valence-corrected chi connectivity index (χ2v) is 8.15. The molecule has 0 aliphatic carbocycles. The molecule has 1 N–H and O–H groups in total. The van der Waals surface area contributed by atoms with Gasteiger partial charge in [0.1, 0.15) is 12.1 Å². The monoisotopic (exact) mass is 412 g/mol. The Morgan fingerprint density at radius 3 is 2.26 bits per heavy atom. The maximum atomic E-state index is 9.50. The zero-order chi connectivity index (χ0) is 21.8. The number of ether oxygens (including phenoxy) is 1. The molecule has 1 aromatic heterocycles. The van der Waals surface area contributed by atoms with Gasteiger partial charge in [-0.15, -0.1) is 0 Å². The highest BCUT2D eigenvalue weighted by molar-refractivity contribution is 5.82. The highest BCUT2D eigenvalue weighted by Gasteiger charge is 2.06. The number of aliphatic hydroxyl groups excluding tert-OH is 1. The maximum absolute atomic E-state index is 9.50. The van der Waals surface area contributed by atoms with E-state index in [1.807, 2.05) is 51.4 Å². The van der Waals surface area contributed by atoms with E-state index in [-0.39, 0.29) is 12.2 Å². The average Bonchev–Trinajstić information content (AvgIpc) is 3.16. The zero-order valence-corrected chi connectivity index (χ0v) is 18.2. The molecule has 0 spiro atoms. The molecule has 0 bridgehead atoms. The fourth-order valence-corrected chi connectivity index (χ4v) is 3.59. The predicted molar refractivity (Wildman–Crippen MR) is 128 cm³/mol. The van der Waals surface area contributed by atoms with Crippen molar-refractivity contribution in [1.82, 2.24) is 9.55 Å². The summed E-state index contributed by atoms with van der Waals surface area (Å²) in [5, 5.41) is 9.50. The fourth-order valence-electron chi connectivity index (χ4n) is 3.59. The van der Waals surface area contributed by atoms with Crippen molar-refractivity contribution in [2.24, 2.45) is 0 Å². The molecule has 0 fully saturated rings. The summed E-state index contributed by atoms with van der Waals surface area (Å²) in [6, 6.07) is 22.7. The highest BCUT2D eigenvalue weighted by Crippen LogP contribution is 2.23. The molecule has 0 saturated carbocycles. The lowest BCUT2D eigenvalue weighted by atomic mass is 10.1. The Morgan fingerprint density at radius 1 is 0.903 bits per heavy atom. The number of aliphatic hydroxyl groups is 1.